The van der Waals surface area contributed by atoms with E-state index < -0.39 is 0 Å². The van der Waals surface area contributed by atoms with Gasteiger partial charge in [0.2, 0.25) is 17.6 Å². The summed E-state index contributed by atoms with van der Waals surface area (Å²) in [7, 11) is 0. The molecule has 3 rings (SSSR count). The van der Waals surface area contributed by atoms with E-state index >= 15 is 0 Å². The lowest BCUT2D eigenvalue weighted by molar-refractivity contribution is -0.116. The predicted molar refractivity (Wildman–Crippen MR) is 79.3 cm³/mol. The third-order valence-corrected chi connectivity index (χ3v) is 2.86. The van der Waals surface area contributed by atoms with Crippen molar-refractivity contribution in [3.8, 4) is 11.4 Å². The number of benzene rings is 1. The van der Waals surface area contributed by atoms with Gasteiger partial charge in [0.1, 0.15) is 5.76 Å². The number of aromatic nitrogens is 2. The molecule has 110 valence electrons. The molecule has 0 aliphatic heterocycles. The summed E-state index contributed by atoms with van der Waals surface area (Å²) in [6, 6.07) is 13.0. The lowest BCUT2D eigenvalue weighted by Crippen LogP contribution is -2.20. The van der Waals surface area contributed by atoms with Crippen molar-refractivity contribution in [2.75, 3.05) is 0 Å². The molecule has 3 aromatic rings. The normalized spacial score (nSPS) is 10.9. The van der Waals surface area contributed by atoms with Gasteiger partial charge in [0, 0.05) is 11.6 Å². The predicted octanol–water partition coefficient (Wildman–Crippen LogP) is 2.66. The number of nitrogens with zero attached hydrogens (tertiary/aromatic N) is 2. The molecule has 0 spiro atoms. The number of hydrogen-bond acceptors (Lipinski definition) is 5. The van der Waals surface area contributed by atoms with E-state index in [0.717, 1.165) is 5.56 Å². The third kappa shape index (κ3) is 3.49. The zero-order valence-electron chi connectivity index (χ0n) is 11.6. The van der Waals surface area contributed by atoms with Crippen LogP contribution in [0.25, 0.3) is 17.5 Å². The van der Waals surface area contributed by atoms with Gasteiger partial charge in [-0.2, -0.15) is 4.98 Å². The van der Waals surface area contributed by atoms with Crippen LogP contribution in [-0.4, -0.2) is 16.0 Å². The van der Waals surface area contributed by atoms with E-state index in [1.165, 1.54) is 6.08 Å². The second kappa shape index (κ2) is 6.53. The van der Waals surface area contributed by atoms with Gasteiger partial charge < -0.3 is 14.3 Å². The van der Waals surface area contributed by atoms with Gasteiger partial charge in [-0.15, -0.1) is 0 Å². The molecule has 0 saturated carbocycles. The number of carbonyl (C=O) groups excluding carboxylic acids is 1. The average molecular weight is 295 g/mol. The van der Waals surface area contributed by atoms with Crippen LogP contribution in [0.3, 0.4) is 0 Å². The van der Waals surface area contributed by atoms with Crippen molar-refractivity contribution in [1.29, 1.82) is 0 Å². The van der Waals surface area contributed by atoms with Crippen LogP contribution in [0.4, 0.5) is 0 Å². The highest BCUT2D eigenvalue weighted by molar-refractivity contribution is 5.91. The van der Waals surface area contributed by atoms with Crippen molar-refractivity contribution in [2.45, 2.75) is 6.54 Å². The standard InChI is InChI=1S/C16H13N3O3/c20-14(9-8-13-7-4-10-21-13)17-11-15-18-16(19-22-15)12-5-2-1-3-6-12/h1-10H,11H2,(H,17,20)/b9-8+. The number of amides is 1. The van der Waals surface area contributed by atoms with E-state index in [9.17, 15) is 4.79 Å². The van der Waals surface area contributed by atoms with E-state index in [2.05, 4.69) is 15.5 Å². The van der Waals surface area contributed by atoms with Crippen LogP contribution in [-0.2, 0) is 11.3 Å². The SMILES string of the molecule is O=C(/C=C/c1ccco1)NCc1nc(-c2ccccc2)no1. The molecule has 0 radical (unpaired) electrons. The summed E-state index contributed by atoms with van der Waals surface area (Å²) in [5.41, 5.74) is 0.863. The van der Waals surface area contributed by atoms with Gasteiger partial charge in [0.25, 0.3) is 0 Å². The van der Waals surface area contributed by atoms with Crippen LogP contribution < -0.4 is 5.32 Å². The van der Waals surface area contributed by atoms with E-state index in [1.54, 1.807) is 24.5 Å². The van der Waals surface area contributed by atoms with Gasteiger partial charge >= 0.3 is 0 Å². The molecule has 1 aromatic carbocycles. The summed E-state index contributed by atoms with van der Waals surface area (Å²) in [4.78, 5) is 15.9. The Morgan fingerprint density at radius 3 is 2.82 bits per heavy atom. The van der Waals surface area contributed by atoms with Crippen LogP contribution >= 0.6 is 0 Å². The van der Waals surface area contributed by atoms with Gasteiger partial charge in [0.05, 0.1) is 12.8 Å². The first-order valence-electron chi connectivity index (χ1n) is 6.69. The van der Waals surface area contributed by atoms with Crippen LogP contribution in [0.5, 0.6) is 0 Å². The monoisotopic (exact) mass is 295 g/mol. The first-order valence-corrected chi connectivity index (χ1v) is 6.69. The molecule has 6 nitrogen and oxygen atoms in total. The Bertz CT molecular complexity index is 761. The summed E-state index contributed by atoms with van der Waals surface area (Å²) in [5.74, 6) is 1.18. The molecule has 0 aliphatic rings. The Morgan fingerprint density at radius 1 is 1.18 bits per heavy atom. The highest BCUT2D eigenvalue weighted by Crippen LogP contribution is 2.14. The summed E-state index contributed by atoms with van der Waals surface area (Å²) in [5, 5.41) is 6.54. The van der Waals surface area contributed by atoms with Crippen molar-refractivity contribution in [1.82, 2.24) is 15.5 Å². The number of rotatable bonds is 5. The maximum atomic E-state index is 11.7. The summed E-state index contributed by atoms with van der Waals surface area (Å²) in [6.07, 6.45) is 4.51. The zero-order valence-corrected chi connectivity index (χ0v) is 11.6. The van der Waals surface area contributed by atoms with E-state index in [0.29, 0.717) is 17.5 Å². The second-order valence-corrected chi connectivity index (χ2v) is 4.44. The fourth-order valence-electron chi connectivity index (χ4n) is 1.80. The van der Waals surface area contributed by atoms with Crippen molar-refractivity contribution in [3.05, 3.63) is 66.5 Å². The van der Waals surface area contributed by atoms with Crippen LogP contribution in [0.1, 0.15) is 11.7 Å². The number of furan rings is 1. The lowest BCUT2D eigenvalue weighted by Gasteiger charge is -1.96. The van der Waals surface area contributed by atoms with Gasteiger partial charge in [-0.05, 0) is 18.2 Å². The molecule has 1 N–H and O–H groups in total. The Balaban J connectivity index is 1.56. The number of nitrogens with one attached hydrogen (secondary N) is 1. The summed E-state index contributed by atoms with van der Waals surface area (Å²) in [6.45, 7) is 0.168. The maximum absolute atomic E-state index is 11.7. The minimum Gasteiger partial charge on any atom is -0.465 e. The molecule has 0 bridgehead atoms. The minimum absolute atomic E-state index is 0.168. The Labute approximate surface area is 126 Å². The van der Waals surface area contributed by atoms with E-state index in [1.807, 2.05) is 30.3 Å². The molecule has 0 atom stereocenters. The Kier molecular flexibility index (Phi) is 4.10. The molecule has 0 saturated heterocycles. The third-order valence-electron chi connectivity index (χ3n) is 2.86. The van der Waals surface area contributed by atoms with Gasteiger partial charge in [-0.25, -0.2) is 0 Å². The molecule has 0 unspecified atom stereocenters. The second-order valence-electron chi connectivity index (χ2n) is 4.44. The van der Waals surface area contributed by atoms with Gasteiger partial charge in [-0.3, -0.25) is 4.79 Å². The maximum Gasteiger partial charge on any atom is 0.246 e. The van der Waals surface area contributed by atoms with E-state index in [4.69, 9.17) is 8.94 Å². The lowest BCUT2D eigenvalue weighted by atomic mass is 10.2. The largest absolute Gasteiger partial charge is 0.465 e. The van der Waals surface area contributed by atoms with Crippen LogP contribution in [0.15, 0.2) is 63.7 Å². The van der Waals surface area contributed by atoms with Crippen molar-refractivity contribution < 1.29 is 13.7 Å². The minimum atomic E-state index is -0.268. The quantitative estimate of drug-likeness (QED) is 0.732. The van der Waals surface area contributed by atoms with Gasteiger partial charge in [-0.1, -0.05) is 35.5 Å². The van der Waals surface area contributed by atoms with Gasteiger partial charge in [0.15, 0.2) is 0 Å². The Hall–Kier alpha value is -3.15. The topological polar surface area (TPSA) is 81.2 Å². The molecule has 0 aliphatic carbocycles. The van der Waals surface area contributed by atoms with Crippen molar-refractivity contribution in [2.24, 2.45) is 0 Å². The molecule has 2 heterocycles. The zero-order chi connectivity index (χ0) is 15.2. The highest BCUT2D eigenvalue weighted by atomic mass is 16.5. The van der Waals surface area contributed by atoms with Crippen molar-refractivity contribution >= 4 is 12.0 Å². The first-order chi connectivity index (χ1) is 10.8. The van der Waals surface area contributed by atoms with Crippen LogP contribution in [0.2, 0.25) is 0 Å². The summed E-state index contributed by atoms with van der Waals surface area (Å²) >= 11 is 0. The number of hydrogen-bond donors (Lipinski definition) is 1. The average Bonchev–Trinajstić information content (AvgIpc) is 3.23. The summed E-state index contributed by atoms with van der Waals surface area (Å²) < 4.78 is 10.2. The molecular formula is C16H13N3O3. The molecule has 6 heteroatoms. The fourth-order valence-corrected chi connectivity index (χ4v) is 1.80. The highest BCUT2D eigenvalue weighted by Gasteiger charge is 2.08. The molecule has 22 heavy (non-hydrogen) atoms. The fraction of sp³-hybridized carbons (Fsp3) is 0.0625. The molecule has 1 amide bonds. The molecule has 2 aromatic heterocycles. The van der Waals surface area contributed by atoms with Crippen molar-refractivity contribution in [3.63, 3.8) is 0 Å². The van der Waals surface area contributed by atoms with E-state index in [-0.39, 0.29) is 12.5 Å². The smallest absolute Gasteiger partial charge is 0.246 e. The number of carbonyl (C=O) groups is 1. The molecule has 0 fully saturated rings. The first kappa shape index (κ1) is 13.8. The van der Waals surface area contributed by atoms with Crippen LogP contribution in [0, 0.1) is 0 Å². The molecular weight excluding hydrogens is 282 g/mol. The Morgan fingerprint density at radius 2 is 2.05 bits per heavy atom.